The molecule has 0 fully saturated rings. The first-order valence-electron chi connectivity index (χ1n) is 19.9. The Morgan fingerprint density at radius 1 is 0.276 bits per heavy atom. The van der Waals surface area contributed by atoms with Crippen LogP contribution in [-0.4, -0.2) is 0 Å². The summed E-state index contributed by atoms with van der Waals surface area (Å²) in [5.74, 6) is 1.71. The Kier molecular flexibility index (Phi) is 8.04. The average Bonchev–Trinajstić information content (AvgIpc) is 3.59. The standard InChI is InChI=1S/C55H38N2O/c1-5-21-39(22-6-1)56(40-23-7-2-8-24-40)51-35-19-15-31-45(51)46-37-54-50(38-52(46)57(41-25-9-3-10-26-41)42-27-11-4-12-28-42)55(49-34-18-20-36-53(49)58-54)47-32-16-13-29-43(47)44-30-14-17-33-48(44)55/h1-38H. The molecule has 0 radical (unpaired) electrons. The molecule has 9 aromatic rings. The summed E-state index contributed by atoms with van der Waals surface area (Å²) >= 11 is 0. The molecule has 2 aliphatic rings. The van der Waals surface area contributed by atoms with Crippen molar-refractivity contribution in [1.82, 2.24) is 0 Å². The van der Waals surface area contributed by atoms with Gasteiger partial charge in [0.25, 0.3) is 0 Å². The molecule has 3 nitrogen and oxygen atoms in total. The molecule has 0 saturated carbocycles. The van der Waals surface area contributed by atoms with Crippen LogP contribution >= 0.6 is 0 Å². The molecule has 1 aliphatic carbocycles. The van der Waals surface area contributed by atoms with Gasteiger partial charge in [-0.2, -0.15) is 0 Å². The zero-order valence-electron chi connectivity index (χ0n) is 31.7. The molecule has 1 heterocycles. The van der Waals surface area contributed by atoms with Crippen LogP contribution in [0.15, 0.2) is 231 Å². The summed E-state index contributed by atoms with van der Waals surface area (Å²) in [7, 11) is 0. The lowest BCUT2D eigenvalue weighted by atomic mass is 9.65. The van der Waals surface area contributed by atoms with Gasteiger partial charge in [-0.3, -0.25) is 0 Å². The zero-order chi connectivity index (χ0) is 38.5. The summed E-state index contributed by atoms with van der Waals surface area (Å²) in [5.41, 5.74) is 15.2. The van der Waals surface area contributed by atoms with Gasteiger partial charge in [0.2, 0.25) is 0 Å². The zero-order valence-corrected chi connectivity index (χ0v) is 31.7. The molecule has 1 aliphatic heterocycles. The highest BCUT2D eigenvalue weighted by Gasteiger charge is 2.51. The predicted octanol–water partition coefficient (Wildman–Crippen LogP) is 14.8. The van der Waals surface area contributed by atoms with Crippen LogP contribution < -0.4 is 14.5 Å². The Bertz CT molecular complexity index is 2800. The number of benzene rings is 9. The van der Waals surface area contributed by atoms with Crippen LogP contribution in [-0.2, 0) is 5.41 Å². The predicted molar refractivity (Wildman–Crippen MR) is 239 cm³/mol. The summed E-state index contributed by atoms with van der Waals surface area (Å²) in [6.07, 6.45) is 0. The van der Waals surface area contributed by atoms with E-state index in [0.29, 0.717) is 0 Å². The molecular formula is C55H38N2O. The highest BCUT2D eigenvalue weighted by Crippen LogP contribution is 2.63. The van der Waals surface area contributed by atoms with Crippen LogP contribution in [0.3, 0.4) is 0 Å². The molecule has 0 unspecified atom stereocenters. The van der Waals surface area contributed by atoms with Crippen molar-refractivity contribution < 1.29 is 4.74 Å². The summed E-state index contributed by atoms with van der Waals surface area (Å²) < 4.78 is 7.14. The molecule has 0 amide bonds. The number of fused-ring (bicyclic) bond motifs is 9. The molecule has 274 valence electrons. The topological polar surface area (TPSA) is 15.7 Å². The van der Waals surface area contributed by atoms with E-state index in [0.717, 1.165) is 67.9 Å². The molecule has 3 heteroatoms. The van der Waals surface area contributed by atoms with E-state index in [1.54, 1.807) is 0 Å². The first kappa shape index (κ1) is 33.7. The number of hydrogen-bond acceptors (Lipinski definition) is 3. The summed E-state index contributed by atoms with van der Waals surface area (Å²) in [6.45, 7) is 0. The molecular weight excluding hydrogens is 705 g/mol. The maximum absolute atomic E-state index is 7.14. The second-order valence-corrected chi connectivity index (χ2v) is 14.8. The van der Waals surface area contributed by atoms with Crippen molar-refractivity contribution >= 4 is 34.1 Å². The lowest BCUT2D eigenvalue weighted by Crippen LogP contribution is -2.32. The third kappa shape index (κ3) is 5.21. The Balaban J connectivity index is 1.27. The second kappa shape index (κ2) is 13.8. The number of rotatable bonds is 7. The van der Waals surface area contributed by atoms with Crippen LogP contribution in [0.25, 0.3) is 22.3 Å². The monoisotopic (exact) mass is 742 g/mol. The average molecular weight is 743 g/mol. The molecule has 58 heavy (non-hydrogen) atoms. The van der Waals surface area contributed by atoms with Crippen LogP contribution in [0.1, 0.15) is 22.3 Å². The fourth-order valence-corrected chi connectivity index (χ4v) is 9.35. The van der Waals surface area contributed by atoms with Gasteiger partial charge in [-0.25, -0.2) is 0 Å². The van der Waals surface area contributed by atoms with Crippen LogP contribution in [0.5, 0.6) is 11.5 Å². The van der Waals surface area contributed by atoms with Crippen molar-refractivity contribution in [2.45, 2.75) is 5.41 Å². The normalized spacial score (nSPS) is 12.8. The minimum atomic E-state index is -0.622. The van der Waals surface area contributed by atoms with Crippen LogP contribution in [0.4, 0.5) is 34.1 Å². The van der Waals surface area contributed by atoms with Gasteiger partial charge in [-0.05, 0) is 95.1 Å². The Labute approximate surface area is 339 Å². The molecule has 1 spiro atoms. The lowest BCUT2D eigenvalue weighted by molar-refractivity contribution is 0.436. The minimum absolute atomic E-state index is 0.622. The van der Waals surface area contributed by atoms with Gasteiger partial charge < -0.3 is 14.5 Å². The van der Waals surface area contributed by atoms with E-state index in [4.69, 9.17) is 4.74 Å². The smallest absolute Gasteiger partial charge is 0.133 e. The molecule has 11 rings (SSSR count). The van der Waals surface area contributed by atoms with Gasteiger partial charge >= 0.3 is 0 Å². The highest BCUT2D eigenvalue weighted by molar-refractivity contribution is 5.98. The Hall–Kier alpha value is -7.62. The van der Waals surface area contributed by atoms with E-state index < -0.39 is 5.41 Å². The van der Waals surface area contributed by atoms with Gasteiger partial charge in [0.15, 0.2) is 0 Å². The summed E-state index contributed by atoms with van der Waals surface area (Å²) in [5, 5.41) is 0. The van der Waals surface area contributed by atoms with Crippen molar-refractivity contribution in [3.63, 3.8) is 0 Å². The molecule has 0 atom stereocenters. The second-order valence-electron chi connectivity index (χ2n) is 14.8. The minimum Gasteiger partial charge on any atom is -0.457 e. The number of hydrogen-bond donors (Lipinski definition) is 0. The lowest BCUT2D eigenvalue weighted by Gasteiger charge is -2.41. The fourth-order valence-electron chi connectivity index (χ4n) is 9.35. The molecule has 0 aromatic heterocycles. The van der Waals surface area contributed by atoms with Gasteiger partial charge in [-0.15, -0.1) is 0 Å². The first-order chi connectivity index (χ1) is 28.8. The van der Waals surface area contributed by atoms with Gasteiger partial charge in [-0.1, -0.05) is 158 Å². The number of anilines is 6. The molecule has 0 saturated heterocycles. The summed E-state index contributed by atoms with van der Waals surface area (Å²) in [4.78, 5) is 4.76. The maximum atomic E-state index is 7.14. The van der Waals surface area contributed by atoms with E-state index in [2.05, 4.69) is 240 Å². The number of ether oxygens (including phenoxy) is 1. The number of nitrogens with zero attached hydrogens (tertiary/aromatic N) is 2. The molecule has 0 bridgehead atoms. The van der Waals surface area contributed by atoms with E-state index in [-0.39, 0.29) is 0 Å². The van der Waals surface area contributed by atoms with Gasteiger partial charge in [0.05, 0.1) is 16.8 Å². The van der Waals surface area contributed by atoms with Crippen molar-refractivity contribution in [3.8, 4) is 33.8 Å². The third-order valence-electron chi connectivity index (χ3n) is 11.7. The third-order valence-corrected chi connectivity index (χ3v) is 11.7. The van der Waals surface area contributed by atoms with Crippen molar-refractivity contribution in [1.29, 1.82) is 0 Å². The molecule has 0 N–H and O–H groups in total. The van der Waals surface area contributed by atoms with Crippen LogP contribution in [0.2, 0.25) is 0 Å². The fraction of sp³-hybridized carbons (Fsp3) is 0.0182. The SMILES string of the molecule is c1ccc(N(c2ccccc2)c2ccccc2-c2cc3c(cc2N(c2ccccc2)c2ccccc2)C2(c4ccccc4O3)c3ccccc3-c3ccccc32)cc1. The van der Waals surface area contributed by atoms with Crippen LogP contribution in [0, 0.1) is 0 Å². The van der Waals surface area contributed by atoms with Crippen molar-refractivity contribution in [2.75, 3.05) is 9.80 Å². The highest BCUT2D eigenvalue weighted by atomic mass is 16.5. The van der Waals surface area contributed by atoms with Gasteiger partial charge in [0, 0.05) is 45.0 Å². The first-order valence-corrected chi connectivity index (χ1v) is 19.9. The Morgan fingerprint density at radius 2 is 0.672 bits per heavy atom. The largest absolute Gasteiger partial charge is 0.457 e. The molecule has 9 aromatic carbocycles. The van der Waals surface area contributed by atoms with E-state index in [1.807, 2.05) is 0 Å². The Morgan fingerprint density at radius 3 is 1.19 bits per heavy atom. The van der Waals surface area contributed by atoms with E-state index >= 15 is 0 Å². The maximum Gasteiger partial charge on any atom is 0.133 e. The van der Waals surface area contributed by atoms with E-state index in [1.165, 1.54) is 22.3 Å². The van der Waals surface area contributed by atoms with Crippen molar-refractivity contribution in [2.24, 2.45) is 0 Å². The van der Waals surface area contributed by atoms with Gasteiger partial charge in [0.1, 0.15) is 11.5 Å². The summed E-state index contributed by atoms with van der Waals surface area (Å²) in [6, 6.07) is 82.6. The van der Waals surface area contributed by atoms with Crippen molar-refractivity contribution in [3.05, 3.63) is 253 Å². The number of para-hydroxylation sites is 6. The quantitative estimate of drug-likeness (QED) is 0.162. The van der Waals surface area contributed by atoms with E-state index in [9.17, 15) is 0 Å².